The molecule has 0 bridgehead atoms. The molecule has 2 aromatic carbocycles. The number of aliphatic carboxylic acids is 1. The Balaban J connectivity index is 0.00000274. The van der Waals surface area contributed by atoms with E-state index >= 15 is 0 Å². The van der Waals surface area contributed by atoms with Crippen molar-refractivity contribution >= 4 is 62.9 Å². The smallest absolute Gasteiger partial charge is 0.548 e. The van der Waals surface area contributed by atoms with Crippen LogP contribution in [0.25, 0.3) is 10.2 Å². The number of thiazole rings is 1. The number of para-hydroxylation sites is 1. The Bertz CT molecular complexity index is 1210. The van der Waals surface area contributed by atoms with E-state index in [1.54, 1.807) is 11.3 Å². The minimum Gasteiger partial charge on any atom is -0.548 e. The molecule has 0 spiro atoms. The number of nitrogens with one attached hydrogen (secondary N) is 1. The molecule has 2 saturated heterocycles. The Labute approximate surface area is 231 Å². The van der Waals surface area contributed by atoms with Crippen molar-refractivity contribution in [3.8, 4) is 0 Å². The average Bonchev–Trinajstić information content (AvgIpc) is 3.34. The third kappa shape index (κ3) is 4.76. The predicted octanol–water partition coefficient (Wildman–Crippen LogP) is -1.09. The number of aromatic nitrogens is 1. The molecule has 7 nitrogen and oxygen atoms in total. The number of amides is 2. The van der Waals surface area contributed by atoms with Gasteiger partial charge in [0.15, 0.2) is 4.34 Å². The number of β-lactam (4-membered cyclic amide) rings is 1. The number of fused-ring (bicyclic) bond motifs is 2. The number of thioether (sulfide) groups is 2. The van der Waals surface area contributed by atoms with Crippen LogP contribution in [0.15, 0.2) is 58.9 Å². The Morgan fingerprint density at radius 1 is 1.18 bits per heavy atom. The van der Waals surface area contributed by atoms with Crippen LogP contribution >= 0.6 is 34.9 Å². The summed E-state index contributed by atoms with van der Waals surface area (Å²) >= 11 is 4.45. The summed E-state index contributed by atoms with van der Waals surface area (Å²) in [5, 5.41) is 14.4. The molecule has 5 rings (SSSR count). The summed E-state index contributed by atoms with van der Waals surface area (Å²) in [6.45, 7) is 1.84. The molecule has 2 aliphatic heterocycles. The zero-order valence-electron chi connectivity index (χ0n) is 18.6. The molecule has 1 N–H and O–H groups in total. The minimum absolute atomic E-state index is 0. The maximum Gasteiger partial charge on any atom is 1.00 e. The number of rotatable bonds is 7. The van der Waals surface area contributed by atoms with E-state index in [1.807, 2.05) is 61.5 Å². The van der Waals surface area contributed by atoms with Gasteiger partial charge in [-0.05, 0) is 24.6 Å². The van der Waals surface area contributed by atoms with E-state index in [4.69, 9.17) is 0 Å². The van der Waals surface area contributed by atoms with Gasteiger partial charge in [-0.2, -0.15) is 0 Å². The van der Waals surface area contributed by atoms with Gasteiger partial charge in [0.25, 0.3) is 0 Å². The molecule has 2 aliphatic rings. The van der Waals surface area contributed by atoms with Crippen LogP contribution in [0.3, 0.4) is 0 Å². The third-order valence-corrected chi connectivity index (χ3v) is 10.2. The molecule has 34 heavy (non-hydrogen) atoms. The van der Waals surface area contributed by atoms with Crippen LogP contribution in [-0.2, 0) is 20.8 Å². The second-order valence-electron chi connectivity index (χ2n) is 8.23. The van der Waals surface area contributed by atoms with Crippen LogP contribution < -0.4 is 40.0 Å². The first kappa shape index (κ1) is 25.5. The Kier molecular flexibility index (Phi) is 7.66. The summed E-state index contributed by atoms with van der Waals surface area (Å²) in [4.78, 5) is 43.3. The molecule has 11 heteroatoms. The van der Waals surface area contributed by atoms with Crippen LogP contribution in [0.1, 0.15) is 12.5 Å². The summed E-state index contributed by atoms with van der Waals surface area (Å²) < 4.78 is 1.14. The first-order chi connectivity index (χ1) is 15.9. The summed E-state index contributed by atoms with van der Waals surface area (Å²) in [6, 6.07) is 15.3. The first-order valence-electron chi connectivity index (χ1n) is 10.4. The van der Waals surface area contributed by atoms with Gasteiger partial charge in [0.05, 0.1) is 33.4 Å². The topological polar surface area (TPSA) is 102 Å². The van der Waals surface area contributed by atoms with Crippen molar-refractivity contribution in [2.45, 2.75) is 39.9 Å². The standard InChI is InChI=1S/C23H21N3O4S3.Na/c1-23(12-31-22-24-14-9-5-6-10-15(14)32-22)18(21(29)30)26-19(28)17(20(26)33-23)25-16(27)11-13-7-3-2-4-8-13;/h2-10,17-18,20H,11-12H2,1H3,(H,25,27)(H,29,30);/q;+1/p-1. The zero-order valence-corrected chi connectivity index (χ0v) is 23.0. The van der Waals surface area contributed by atoms with E-state index in [-0.39, 0.29) is 47.8 Å². The molecule has 2 amide bonds. The maximum atomic E-state index is 12.8. The molecule has 4 unspecified atom stereocenters. The van der Waals surface area contributed by atoms with Gasteiger partial charge in [-0.3, -0.25) is 9.59 Å². The van der Waals surface area contributed by atoms with Crippen molar-refractivity contribution in [1.82, 2.24) is 15.2 Å². The Morgan fingerprint density at radius 2 is 1.88 bits per heavy atom. The molecule has 0 aliphatic carbocycles. The zero-order chi connectivity index (χ0) is 23.2. The number of nitrogens with zero attached hydrogens (tertiary/aromatic N) is 2. The SMILES string of the molecule is CC1(CSc2nc3ccccc3s2)SC2C(NC(=O)Cc3ccccc3)C(=O)N2C1C(=O)[O-].[Na+]. The van der Waals surface area contributed by atoms with Crippen LogP contribution in [-0.4, -0.2) is 55.6 Å². The van der Waals surface area contributed by atoms with Crippen molar-refractivity contribution in [2.75, 3.05) is 5.75 Å². The fourth-order valence-corrected chi connectivity index (χ4v) is 8.36. The second-order valence-corrected chi connectivity index (χ2v) is 12.1. The van der Waals surface area contributed by atoms with Gasteiger partial charge in [0.2, 0.25) is 11.8 Å². The van der Waals surface area contributed by atoms with Crippen LogP contribution in [0.2, 0.25) is 0 Å². The first-order valence-corrected chi connectivity index (χ1v) is 13.1. The summed E-state index contributed by atoms with van der Waals surface area (Å²) in [5.41, 5.74) is 1.76. The van der Waals surface area contributed by atoms with Crippen molar-refractivity contribution in [3.05, 3.63) is 60.2 Å². The van der Waals surface area contributed by atoms with E-state index in [1.165, 1.54) is 28.4 Å². The van der Waals surface area contributed by atoms with E-state index in [9.17, 15) is 19.5 Å². The fraction of sp³-hybridized carbons (Fsp3) is 0.304. The van der Waals surface area contributed by atoms with Crippen LogP contribution in [0.5, 0.6) is 0 Å². The molecule has 3 heterocycles. The summed E-state index contributed by atoms with van der Waals surface area (Å²) in [7, 11) is 0. The Morgan fingerprint density at radius 3 is 2.59 bits per heavy atom. The molecule has 4 atom stereocenters. The quantitative estimate of drug-likeness (QED) is 0.240. The normalized spacial score (nSPS) is 25.4. The predicted molar refractivity (Wildman–Crippen MR) is 128 cm³/mol. The molecular weight excluding hydrogens is 501 g/mol. The van der Waals surface area contributed by atoms with Crippen LogP contribution in [0.4, 0.5) is 0 Å². The van der Waals surface area contributed by atoms with Gasteiger partial charge in [-0.25, -0.2) is 4.98 Å². The van der Waals surface area contributed by atoms with Gasteiger partial charge in [0, 0.05) is 5.75 Å². The second kappa shape index (κ2) is 10.2. The molecular formula is C23H20N3NaO4S3. The van der Waals surface area contributed by atoms with Gasteiger partial charge in [-0.1, -0.05) is 54.2 Å². The molecule has 1 aromatic heterocycles. The molecule has 0 saturated carbocycles. The summed E-state index contributed by atoms with van der Waals surface area (Å²) in [5.74, 6) is -1.47. The number of carboxylic acids is 1. The molecule has 0 radical (unpaired) electrons. The number of carbonyl (C=O) groups is 3. The van der Waals surface area contributed by atoms with Gasteiger partial charge >= 0.3 is 29.6 Å². The van der Waals surface area contributed by atoms with Crippen molar-refractivity contribution < 1.29 is 49.0 Å². The average molecular weight is 522 g/mol. The number of benzene rings is 2. The molecule has 170 valence electrons. The number of carboxylic acid groups (broad SMARTS) is 1. The van der Waals surface area contributed by atoms with Crippen molar-refractivity contribution in [1.29, 1.82) is 0 Å². The summed E-state index contributed by atoms with van der Waals surface area (Å²) in [6.07, 6.45) is 0.163. The number of carbonyl (C=O) groups excluding carboxylic acids is 3. The van der Waals surface area contributed by atoms with E-state index < -0.39 is 28.2 Å². The molecule has 2 fully saturated rings. The minimum atomic E-state index is -1.28. The van der Waals surface area contributed by atoms with Gasteiger partial charge < -0.3 is 20.1 Å². The molecule has 3 aromatic rings. The maximum absolute atomic E-state index is 12.8. The van der Waals surface area contributed by atoms with E-state index in [2.05, 4.69) is 10.3 Å². The van der Waals surface area contributed by atoms with E-state index in [0.717, 1.165) is 20.1 Å². The largest absolute Gasteiger partial charge is 1.00 e. The third-order valence-electron chi connectivity index (χ3n) is 5.83. The van der Waals surface area contributed by atoms with Gasteiger partial charge in [-0.15, -0.1) is 23.1 Å². The van der Waals surface area contributed by atoms with E-state index in [0.29, 0.717) is 5.75 Å². The van der Waals surface area contributed by atoms with Crippen molar-refractivity contribution in [3.63, 3.8) is 0 Å². The Hall–Kier alpha value is -1.56. The number of hydrogen-bond acceptors (Lipinski definition) is 8. The fourth-order valence-electron chi connectivity index (χ4n) is 4.25. The number of hydrogen-bond donors (Lipinski definition) is 1. The van der Waals surface area contributed by atoms with Gasteiger partial charge in [0.1, 0.15) is 11.4 Å². The monoisotopic (exact) mass is 521 g/mol. The van der Waals surface area contributed by atoms with Crippen LogP contribution in [0, 0.1) is 0 Å². The van der Waals surface area contributed by atoms with Crippen molar-refractivity contribution in [2.24, 2.45) is 0 Å².